The second-order valence-electron chi connectivity index (χ2n) is 5.10. The van der Waals surface area contributed by atoms with Crippen LogP contribution in [0.4, 0.5) is 5.69 Å². The van der Waals surface area contributed by atoms with Crippen LogP contribution < -0.4 is 15.4 Å². The van der Waals surface area contributed by atoms with Gasteiger partial charge in [0.2, 0.25) is 11.8 Å². The Labute approximate surface area is 119 Å². The van der Waals surface area contributed by atoms with Gasteiger partial charge in [0.05, 0.1) is 7.11 Å². The smallest absolute Gasteiger partial charge is 0.246 e. The van der Waals surface area contributed by atoms with Crippen molar-refractivity contribution in [3.63, 3.8) is 0 Å². The number of methoxy groups -OCH3 is 1. The average molecular weight is 278 g/mol. The first kappa shape index (κ1) is 16.0. The summed E-state index contributed by atoms with van der Waals surface area (Å²) < 4.78 is 5.06. The molecule has 0 heterocycles. The van der Waals surface area contributed by atoms with Crippen molar-refractivity contribution in [2.75, 3.05) is 12.4 Å². The Morgan fingerprint density at radius 3 is 2.25 bits per heavy atom. The van der Waals surface area contributed by atoms with E-state index in [4.69, 9.17) is 4.74 Å². The topological polar surface area (TPSA) is 67.4 Å². The Hall–Kier alpha value is -2.04. The molecule has 0 spiro atoms. The van der Waals surface area contributed by atoms with Gasteiger partial charge in [-0.3, -0.25) is 9.59 Å². The van der Waals surface area contributed by atoms with Crippen LogP contribution in [0.2, 0.25) is 0 Å². The largest absolute Gasteiger partial charge is 0.497 e. The maximum absolute atomic E-state index is 12.2. The SMILES string of the molecule is COc1ccc(NC(=O)[C@H](CC(C)C)NC(C)=O)cc1. The molecule has 0 saturated carbocycles. The number of anilines is 1. The summed E-state index contributed by atoms with van der Waals surface area (Å²) in [6.07, 6.45) is 0.599. The summed E-state index contributed by atoms with van der Waals surface area (Å²) in [7, 11) is 1.59. The van der Waals surface area contributed by atoms with Crippen LogP contribution in [-0.4, -0.2) is 25.0 Å². The molecule has 2 amide bonds. The summed E-state index contributed by atoms with van der Waals surface area (Å²) >= 11 is 0. The molecule has 1 rings (SSSR count). The van der Waals surface area contributed by atoms with Crippen molar-refractivity contribution in [1.82, 2.24) is 5.32 Å². The van der Waals surface area contributed by atoms with Crippen molar-refractivity contribution < 1.29 is 14.3 Å². The van der Waals surface area contributed by atoms with Gasteiger partial charge in [-0.1, -0.05) is 13.8 Å². The first-order valence-corrected chi connectivity index (χ1v) is 6.64. The van der Waals surface area contributed by atoms with Crippen LogP contribution in [-0.2, 0) is 9.59 Å². The fraction of sp³-hybridized carbons (Fsp3) is 0.467. The molecule has 0 aliphatic carbocycles. The van der Waals surface area contributed by atoms with Crippen molar-refractivity contribution in [1.29, 1.82) is 0 Å². The van der Waals surface area contributed by atoms with Gasteiger partial charge in [0, 0.05) is 12.6 Å². The van der Waals surface area contributed by atoms with Gasteiger partial charge >= 0.3 is 0 Å². The third kappa shape index (κ3) is 5.30. The normalized spacial score (nSPS) is 11.8. The second kappa shape index (κ2) is 7.53. The van der Waals surface area contributed by atoms with E-state index in [1.165, 1.54) is 6.92 Å². The highest BCUT2D eigenvalue weighted by molar-refractivity contribution is 5.96. The highest BCUT2D eigenvalue weighted by atomic mass is 16.5. The van der Waals surface area contributed by atoms with Gasteiger partial charge in [-0.05, 0) is 36.6 Å². The lowest BCUT2D eigenvalue weighted by molar-refractivity contribution is -0.125. The lowest BCUT2D eigenvalue weighted by atomic mass is 10.0. The van der Waals surface area contributed by atoms with Crippen LogP contribution in [0.3, 0.4) is 0 Å². The highest BCUT2D eigenvalue weighted by Gasteiger charge is 2.20. The molecule has 20 heavy (non-hydrogen) atoms. The number of carbonyl (C=O) groups excluding carboxylic acids is 2. The molecule has 1 aromatic rings. The number of benzene rings is 1. The highest BCUT2D eigenvalue weighted by Crippen LogP contribution is 2.16. The maximum atomic E-state index is 12.2. The molecule has 0 aliphatic rings. The zero-order valence-corrected chi connectivity index (χ0v) is 12.4. The zero-order chi connectivity index (χ0) is 15.1. The van der Waals surface area contributed by atoms with Gasteiger partial charge in [-0.25, -0.2) is 0 Å². The minimum atomic E-state index is -0.519. The molecule has 0 bridgehead atoms. The van der Waals surface area contributed by atoms with E-state index in [0.717, 1.165) is 5.75 Å². The third-order valence-corrected chi connectivity index (χ3v) is 2.76. The van der Waals surface area contributed by atoms with E-state index in [-0.39, 0.29) is 11.8 Å². The quantitative estimate of drug-likeness (QED) is 0.838. The number of rotatable bonds is 6. The number of nitrogens with one attached hydrogen (secondary N) is 2. The summed E-state index contributed by atoms with van der Waals surface area (Å²) in [5.41, 5.74) is 0.676. The summed E-state index contributed by atoms with van der Waals surface area (Å²) in [6.45, 7) is 5.43. The van der Waals surface area contributed by atoms with Crippen LogP contribution in [0.1, 0.15) is 27.2 Å². The van der Waals surface area contributed by atoms with Crippen molar-refractivity contribution in [3.05, 3.63) is 24.3 Å². The predicted molar refractivity (Wildman–Crippen MR) is 78.7 cm³/mol. The van der Waals surface area contributed by atoms with Gasteiger partial charge in [0.25, 0.3) is 0 Å². The van der Waals surface area contributed by atoms with Crippen LogP contribution in [0.15, 0.2) is 24.3 Å². The summed E-state index contributed by atoms with van der Waals surface area (Å²) in [5, 5.41) is 5.47. The van der Waals surface area contributed by atoms with Gasteiger partial charge in [-0.15, -0.1) is 0 Å². The van der Waals surface area contributed by atoms with Crippen LogP contribution in [0.5, 0.6) is 5.75 Å². The Bertz CT molecular complexity index is 455. The molecule has 110 valence electrons. The lowest BCUT2D eigenvalue weighted by Gasteiger charge is -2.19. The third-order valence-electron chi connectivity index (χ3n) is 2.76. The van der Waals surface area contributed by atoms with E-state index in [9.17, 15) is 9.59 Å². The van der Waals surface area contributed by atoms with E-state index < -0.39 is 6.04 Å². The van der Waals surface area contributed by atoms with Crippen LogP contribution in [0, 0.1) is 5.92 Å². The minimum absolute atomic E-state index is 0.208. The number of hydrogen-bond donors (Lipinski definition) is 2. The van der Waals surface area contributed by atoms with Gasteiger partial charge in [0.1, 0.15) is 11.8 Å². The molecule has 0 aliphatic heterocycles. The van der Waals surface area contributed by atoms with E-state index in [1.54, 1.807) is 31.4 Å². The molecule has 0 saturated heterocycles. The predicted octanol–water partition coefficient (Wildman–Crippen LogP) is 2.18. The summed E-state index contributed by atoms with van der Waals surface area (Å²) in [4.78, 5) is 23.3. The summed E-state index contributed by atoms with van der Waals surface area (Å²) in [6, 6.07) is 6.54. The van der Waals surface area contributed by atoms with Crippen LogP contribution in [0.25, 0.3) is 0 Å². The first-order valence-electron chi connectivity index (χ1n) is 6.64. The van der Waals surface area contributed by atoms with E-state index in [2.05, 4.69) is 10.6 Å². The molecule has 0 fully saturated rings. The van der Waals surface area contributed by atoms with Crippen molar-refractivity contribution in [2.45, 2.75) is 33.2 Å². The maximum Gasteiger partial charge on any atom is 0.246 e. The molecule has 5 nitrogen and oxygen atoms in total. The Morgan fingerprint density at radius 2 is 1.80 bits per heavy atom. The molecule has 5 heteroatoms. The Balaban J connectivity index is 2.70. The molecular formula is C15H22N2O3. The van der Waals surface area contributed by atoms with E-state index in [0.29, 0.717) is 18.0 Å². The fourth-order valence-electron chi connectivity index (χ4n) is 1.85. The molecule has 0 unspecified atom stereocenters. The van der Waals surface area contributed by atoms with Crippen molar-refractivity contribution >= 4 is 17.5 Å². The standard InChI is InChI=1S/C15H22N2O3/c1-10(2)9-14(16-11(3)18)15(19)17-12-5-7-13(20-4)8-6-12/h5-8,10,14H,9H2,1-4H3,(H,16,18)(H,17,19)/t14-/m0/s1. The molecule has 1 aromatic carbocycles. The monoisotopic (exact) mass is 278 g/mol. The number of hydrogen-bond acceptors (Lipinski definition) is 3. The van der Waals surface area contributed by atoms with Gasteiger partial charge in [0.15, 0.2) is 0 Å². The van der Waals surface area contributed by atoms with Gasteiger partial charge in [-0.2, -0.15) is 0 Å². The minimum Gasteiger partial charge on any atom is -0.497 e. The lowest BCUT2D eigenvalue weighted by Crippen LogP contribution is -2.43. The summed E-state index contributed by atoms with van der Waals surface area (Å²) in [5.74, 6) is 0.622. The zero-order valence-electron chi connectivity index (χ0n) is 12.4. The van der Waals surface area contributed by atoms with Crippen molar-refractivity contribution in [3.8, 4) is 5.75 Å². The molecule has 1 atom stereocenters. The van der Waals surface area contributed by atoms with Crippen LogP contribution >= 0.6 is 0 Å². The van der Waals surface area contributed by atoms with Gasteiger partial charge < -0.3 is 15.4 Å². The van der Waals surface area contributed by atoms with E-state index in [1.807, 2.05) is 13.8 Å². The molecule has 2 N–H and O–H groups in total. The Kier molecular flexibility index (Phi) is 6.03. The van der Waals surface area contributed by atoms with Crippen molar-refractivity contribution in [2.24, 2.45) is 5.92 Å². The Morgan fingerprint density at radius 1 is 1.20 bits per heavy atom. The molecule has 0 radical (unpaired) electrons. The average Bonchev–Trinajstić information content (AvgIpc) is 2.37. The number of amides is 2. The molecular weight excluding hydrogens is 256 g/mol. The molecule has 0 aromatic heterocycles. The second-order valence-corrected chi connectivity index (χ2v) is 5.10. The first-order chi connectivity index (χ1) is 9.42. The van der Waals surface area contributed by atoms with E-state index >= 15 is 0 Å². The number of carbonyl (C=O) groups is 2. The number of ether oxygens (including phenoxy) is 1. The fourth-order valence-corrected chi connectivity index (χ4v) is 1.85.